The average molecular weight is 280 g/mol. The molecule has 0 heterocycles. The van der Waals surface area contributed by atoms with Crippen LogP contribution in [0.25, 0.3) is 0 Å². The van der Waals surface area contributed by atoms with Crippen molar-refractivity contribution in [3.05, 3.63) is 18.6 Å². The van der Waals surface area contributed by atoms with Crippen LogP contribution in [0.3, 0.4) is 0 Å². The van der Waals surface area contributed by atoms with E-state index in [4.69, 9.17) is 12.7 Å². The molecule has 15 heavy (non-hydrogen) atoms. The van der Waals surface area contributed by atoms with Crippen LogP contribution in [0, 0.1) is 18.8 Å². The Hall–Kier alpha value is 0.869. The fraction of sp³-hybridized carbons (Fsp3) is 0.750. The van der Waals surface area contributed by atoms with Crippen molar-refractivity contribution >= 4 is 8.05 Å². The van der Waals surface area contributed by atoms with Gasteiger partial charge in [-0.2, -0.15) is 6.42 Å². The Labute approximate surface area is 121 Å². The molecule has 0 saturated heterocycles. The van der Waals surface area contributed by atoms with Crippen LogP contribution in [0.5, 0.6) is 0 Å². The maximum Gasteiger partial charge on any atom is 0.282 e. The van der Waals surface area contributed by atoms with Gasteiger partial charge in [0, 0.05) is 45.2 Å². The molecule has 0 aliphatic heterocycles. The summed E-state index contributed by atoms with van der Waals surface area (Å²) in [5.74, 6) is 1.26. The van der Waals surface area contributed by atoms with Gasteiger partial charge in [0.2, 0.25) is 0 Å². The topological polar surface area (TPSA) is 9.23 Å². The first kappa shape index (κ1) is 15.9. The molecular weight excluding hydrogens is 260 g/mol. The Morgan fingerprint density at radius 2 is 2.27 bits per heavy atom. The van der Waals surface area contributed by atoms with Gasteiger partial charge in [-0.1, -0.05) is 31.4 Å². The normalized spacial score (nSPS) is 24.8. The summed E-state index contributed by atoms with van der Waals surface area (Å²) in [6.07, 6.45) is 8.28. The van der Waals surface area contributed by atoms with E-state index in [-0.39, 0.29) is 32.7 Å². The van der Waals surface area contributed by atoms with Crippen LogP contribution in [0.2, 0.25) is 0 Å². The minimum absolute atomic E-state index is 0. The van der Waals surface area contributed by atoms with Crippen LogP contribution in [0.1, 0.15) is 39.0 Å². The molecule has 1 rings (SSSR count). The van der Waals surface area contributed by atoms with E-state index in [1.54, 1.807) is 5.57 Å². The third kappa shape index (κ3) is 5.15. The first-order chi connectivity index (χ1) is 6.79. The third-order valence-electron chi connectivity index (χ3n) is 3.16. The van der Waals surface area contributed by atoms with E-state index in [0.717, 1.165) is 6.42 Å². The molecule has 1 unspecified atom stereocenters. The van der Waals surface area contributed by atoms with E-state index in [1.165, 1.54) is 25.7 Å². The van der Waals surface area contributed by atoms with Crippen LogP contribution >= 0.6 is 0 Å². The quantitative estimate of drug-likeness (QED) is 0.314. The largest absolute Gasteiger partial charge is 0.447 e. The minimum Gasteiger partial charge on any atom is -0.447 e. The van der Waals surface area contributed by atoms with Crippen molar-refractivity contribution in [2.75, 3.05) is 6.61 Å². The number of unbranched alkanes of at least 4 members (excludes halogenated alkanes) is 2. The third-order valence-corrected chi connectivity index (χ3v) is 3.16. The summed E-state index contributed by atoms with van der Waals surface area (Å²) < 4.78 is 4.78. The summed E-state index contributed by atoms with van der Waals surface area (Å²) in [6.45, 7) is 6.81. The summed E-state index contributed by atoms with van der Waals surface area (Å²) in [5, 5.41) is 0. The van der Waals surface area contributed by atoms with Crippen LogP contribution < -0.4 is 0 Å². The number of hydrogen-bond acceptors (Lipinski definition) is 1. The zero-order valence-electron chi connectivity index (χ0n) is 9.74. The molecule has 1 aliphatic rings. The summed E-state index contributed by atoms with van der Waals surface area (Å²) in [5.41, 5.74) is 1.55. The van der Waals surface area contributed by atoms with Gasteiger partial charge >= 0.3 is 0 Å². The minimum atomic E-state index is 0. The van der Waals surface area contributed by atoms with E-state index >= 15 is 0 Å². The Kier molecular flexibility index (Phi) is 9.48. The molecule has 2 atom stereocenters. The molecule has 81 valence electrons. The Morgan fingerprint density at radius 3 is 2.87 bits per heavy atom. The summed E-state index contributed by atoms with van der Waals surface area (Å²) in [6, 6.07) is 0. The van der Waals surface area contributed by atoms with Gasteiger partial charge in [0.05, 0.1) is 0 Å². The fourth-order valence-corrected chi connectivity index (χ4v) is 2.19. The van der Waals surface area contributed by atoms with Gasteiger partial charge in [0.15, 0.2) is 0 Å². The number of allylic oxidation sites excluding steroid dienone is 1. The molecule has 0 aromatic heterocycles. The Bertz CT molecular complexity index is 194. The maximum absolute atomic E-state index is 5.15. The van der Waals surface area contributed by atoms with Crippen molar-refractivity contribution < 1.29 is 37.4 Å². The molecular formula is C12H20BOY-. The van der Waals surface area contributed by atoms with E-state index < -0.39 is 0 Å². The van der Waals surface area contributed by atoms with Gasteiger partial charge in [-0.05, 0) is 18.8 Å². The van der Waals surface area contributed by atoms with Gasteiger partial charge in [0.1, 0.15) is 0 Å². The van der Waals surface area contributed by atoms with Gasteiger partial charge < -0.3 is 11.6 Å². The van der Waals surface area contributed by atoms with Crippen molar-refractivity contribution in [1.82, 2.24) is 0 Å². The molecule has 3 radical (unpaired) electrons. The van der Waals surface area contributed by atoms with Crippen LogP contribution in [0.4, 0.5) is 0 Å². The van der Waals surface area contributed by atoms with Crippen molar-refractivity contribution in [3.8, 4) is 0 Å². The van der Waals surface area contributed by atoms with Gasteiger partial charge in [-0.15, -0.1) is 0 Å². The zero-order chi connectivity index (χ0) is 10.4. The van der Waals surface area contributed by atoms with E-state index in [1.807, 2.05) is 0 Å². The van der Waals surface area contributed by atoms with Crippen molar-refractivity contribution in [2.45, 2.75) is 39.0 Å². The summed E-state index contributed by atoms with van der Waals surface area (Å²) in [7, 11) is 5.15. The molecule has 3 heteroatoms. The second-order valence-corrected chi connectivity index (χ2v) is 4.24. The molecule has 0 fully saturated rings. The van der Waals surface area contributed by atoms with Gasteiger partial charge in [-0.3, -0.25) is 0 Å². The Balaban J connectivity index is 0.00000196. The molecule has 0 spiro atoms. The number of rotatable bonds is 6. The Morgan fingerprint density at radius 1 is 1.53 bits per heavy atom. The molecule has 0 saturated carbocycles. The fourth-order valence-electron chi connectivity index (χ4n) is 2.19. The second kappa shape index (κ2) is 8.96. The van der Waals surface area contributed by atoms with Crippen LogP contribution in [0.15, 0.2) is 11.6 Å². The molecule has 1 aliphatic carbocycles. The second-order valence-electron chi connectivity index (χ2n) is 4.24. The van der Waals surface area contributed by atoms with Crippen LogP contribution in [-0.4, -0.2) is 14.7 Å². The van der Waals surface area contributed by atoms with Crippen molar-refractivity contribution in [1.29, 1.82) is 0 Å². The first-order valence-electron chi connectivity index (χ1n) is 5.59. The van der Waals surface area contributed by atoms with E-state index in [2.05, 4.69) is 19.9 Å². The first-order valence-corrected chi connectivity index (χ1v) is 5.59. The molecule has 0 aromatic rings. The molecule has 0 bridgehead atoms. The van der Waals surface area contributed by atoms with E-state index in [0.29, 0.717) is 18.4 Å². The van der Waals surface area contributed by atoms with Gasteiger partial charge in [0.25, 0.3) is 8.05 Å². The summed E-state index contributed by atoms with van der Waals surface area (Å²) in [4.78, 5) is 0. The molecule has 1 nitrogen and oxygen atoms in total. The summed E-state index contributed by atoms with van der Waals surface area (Å²) >= 11 is 0. The smallest absolute Gasteiger partial charge is 0.282 e. The predicted molar refractivity (Wildman–Crippen MR) is 60.9 cm³/mol. The SMILES string of the molecule is [B]OC[C@@H]1C(CCCC[CH2-])=CCC1C.[Y]. The van der Waals surface area contributed by atoms with Gasteiger partial charge in [-0.25, -0.2) is 0 Å². The zero-order valence-corrected chi connectivity index (χ0v) is 12.6. The molecule has 0 amide bonds. The standard InChI is InChI=1S/C12H20BO.Y/c1-3-4-5-6-11-8-7-10(2)12(11)9-14-13;/h8,10,12H,1,3-7,9H2,2H3;/q-1;/t10?,12-;/m0./s1. The number of hydrogen-bond donors (Lipinski definition) is 0. The molecule has 0 aromatic carbocycles. The van der Waals surface area contributed by atoms with Crippen molar-refractivity contribution in [2.24, 2.45) is 11.8 Å². The monoisotopic (exact) mass is 280 g/mol. The van der Waals surface area contributed by atoms with Crippen molar-refractivity contribution in [3.63, 3.8) is 0 Å². The average Bonchev–Trinajstić information content (AvgIpc) is 2.51. The predicted octanol–water partition coefficient (Wildman–Crippen LogP) is 3.06. The van der Waals surface area contributed by atoms with E-state index in [9.17, 15) is 0 Å². The van der Waals surface area contributed by atoms with Crippen LogP contribution in [-0.2, 0) is 37.4 Å². The molecule has 0 N–H and O–H groups in total. The maximum atomic E-state index is 5.15.